The molecule has 2 aromatic carbocycles. The Bertz CT molecular complexity index is 835. The van der Waals surface area contributed by atoms with Crippen LogP contribution in [0.3, 0.4) is 0 Å². The smallest absolute Gasteiger partial charge is 0.0508 e. The summed E-state index contributed by atoms with van der Waals surface area (Å²) in [4.78, 5) is 3.76. The monoisotopic (exact) mass is 398 g/mol. The van der Waals surface area contributed by atoms with E-state index in [0.29, 0.717) is 0 Å². The first-order chi connectivity index (χ1) is 12.3. The third-order valence-electron chi connectivity index (χ3n) is 4.85. The van der Waals surface area contributed by atoms with Gasteiger partial charge in [0.15, 0.2) is 0 Å². The summed E-state index contributed by atoms with van der Waals surface area (Å²) in [6.07, 6.45) is 6.83. The number of aromatic amines is 1. The molecule has 1 heterocycles. The Kier molecular flexibility index (Phi) is 6.33. The molecule has 0 aliphatic rings. The van der Waals surface area contributed by atoms with Gasteiger partial charge in [0.25, 0.3) is 0 Å². The second kappa shape index (κ2) is 8.68. The molecule has 25 heavy (non-hydrogen) atoms. The number of rotatable bonds is 8. The highest BCUT2D eigenvalue weighted by molar-refractivity contribution is 9.10. The van der Waals surface area contributed by atoms with E-state index in [1.165, 1.54) is 46.1 Å². The predicted octanol–water partition coefficient (Wildman–Crippen LogP) is 6.22. The molecule has 0 aliphatic carbocycles. The van der Waals surface area contributed by atoms with Gasteiger partial charge in [0.2, 0.25) is 0 Å². The van der Waals surface area contributed by atoms with Crippen molar-refractivity contribution in [3.63, 3.8) is 0 Å². The summed E-state index contributed by atoms with van der Waals surface area (Å²) in [7, 11) is 0. The van der Waals surface area contributed by atoms with Crippen molar-refractivity contribution >= 4 is 26.8 Å². The van der Waals surface area contributed by atoms with Crippen molar-refractivity contribution in [3.8, 4) is 11.3 Å². The number of nitrogens with one attached hydrogen (secondary N) is 1. The van der Waals surface area contributed by atoms with Crippen molar-refractivity contribution in [1.82, 2.24) is 4.98 Å². The van der Waals surface area contributed by atoms with Crippen molar-refractivity contribution in [2.24, 2.45) is 5.73 Å². The average Bonchev–Trinajstić information content (AvgIpc) is 3.00. The van der Waals surface area contributed by atoms with Gasteiger partial charge in [0.1, 0.15) is 0 Å². The minimum absolute atomic E-state index is 0.758. The maximum Gasteiger partial charge on any atom is 0.0508 e. The Morgan fingerprint density at radius 1 is 0.960 bits per heavy atom. The first kappa shape index (κ1) is 18.2. The number of benzene rings is 2. The number of para-hydroxylation sites is 1. The van der Waals surface area contributed by atoms with Gasteiger partial charge in [-0.15, -0.1) is 0 Å². The van der Waals surface area contributed by atoms with Crippen LogP contribution in [0.4, 0.5) is 0 Å². The number of halogens is 1. The van der Waals surface area contributed by atoms with Crippen LogP contribution in [0.5, 0.6) is 0 Å². The molecule has 0 bridgehead atoms. The Morgan fingerprint density at radius 3 is 2.56 bits per heavy atom. The summed E-state index contributed by atoms with van der Waals surface area (Å²) >= 11 is 3.73. The first-order valence-electron chi connectivity index (χ1n) is 9.33. The number of hydrogen-bond donors (Lipinski definition) is 2. The predicted molar refractivity (Wildman–Crippen MR) is 112 cm³/mol. The third kappa shape index (κ3) is 3.99. The van der Waals surface area contributed by atoms with Crippen LogP contribution in [0.25, 0.3) is 22.2 Å². The molecule has 3 aromatic rings. The molecule has 2 nitrogen and oxygen atoms in total. The lowest BCUT2D eigenvalue weighted by molar-refractivity contribution is 0.748. The number of unbranched alkanes of at least 4 members (excludes halogenated alkanes) is 2. The summed E-state index contributed by atoms with van der Waals surface area (Å²) in [6, 6.07) is 15.2. The normalized spacial score (nSPS) is 11.3. The van der Waals surface area contributed by atoms with Crippen molar-refractivity contribution in [1.29, 1.82) is 0 Å². The molecular formula is C22H27BrN2. The molecular weight excluding hydrogens is 372 g/mol. The molecule has 0 radical (unpaired) electrons. The minimum atomic E-state index is 0.758. The number of H-pyrrole nitrogens is 1. The van der Waals surface area contributed by atoms with Crippen LogP contribution in [0, 0.1) is 0 Å². The summed E-state index contributed by atoms with van der Waals surface area (Å²) in [6.45, 7) is 3.01. The fourth-order valence-corrected chi connectivity index (χ4v) is 3.99. The van der Waals surface area contributed by atoms with Gasteiger partial charge >= 0.3 is 0 Å². The van der Waals surface area contributed by atoms with E-state index >= 15 is 0 Å². The molecule has 3 rings (SSSR count). The quantitative estimate of drug-likeness (QED) is 0.434. The van der Waals surface area contributed by atoms with Gasteiger partial charge in [0, 0.05) is 20.9 Å². The number of aryl methyl sites for hydroxylation is 2. The van der Waals surface area contributed by atoms with E-state index < -0.39 is 0 Å². The van der Waals surface area contributed by atoms with Crippen LogP contribution in [0.2, 0.25) is 0 Å². The molecule has 3 heteroatoms. The molecule has 0 saturated heterocycles. The van der Waals surface area contributed by atoms with Gasteiger partial charge in [-0.1, -0.05) is 65.7 Å². The van der Waals surface area contributed by atoms with E-state index in [-0.39, 0.29) is 0 Å². The molecule has 3 N–H and O–H groups in total. The van der Waals surface area contributed by atoms with Gasteiger partial charge < -0.3 is 10.7 Å². The molecule has 0 aliphatic heterocycles. The van der Waals surface area contributed by atoms with Gasteiger partial charge in [-0.25, -0.2) is 0 Å². The average molecular weight is 399 g/mol. The highest BCUT2D eigenvalue weighted by atomic mass is 79.9. The number of fused-ring (bicyclic) bond motifs is 1. The van der Waals surface area contributed by atoms with Crippen LogP contribution < -0.4 is 5.73 Å². The standard InChI is InChI=1S/C22H27BrN2/c1-2-3-9-16-10-8-13-17-18(11-6-7-15-24)22(25-21(16)17)19-12-4-5-14-20(19)23/h4-5,8,10,12-14,25H,2-3,6-7,9,11,15,24H2,1H3. The van der Waals surface area contributed by atoms with Crippen molar-refractivity contribution in [2.45, 2.75) is 45.4 Å². The minimum Gasteiger partial charge on any atom is -0.354 e. The van der Waals surface area contributed by atoms with E-state index in [1.807, 2.05) is 0 Å². The van der Waals surface area contributed by atoms with Crippen LogP contribution >= 0.6 is 15.9 Å². The summed E-state index contributed by atoms with van der Waals surface area (Å²) in [5, 5.41) is 1.37. The topological polar surface area (TPSA) is 41.8 Å². The molecule has 0 spiro atoms. The summed E-state index contributed by atoms with van der Waals surface area (Å²) < 4.78 is 1.14. The summed E-state index contributed by atoms with van der Waals surface area (Å²) in [5.41, 5.74) is 12.4. The SMILES string of the molecule is CCCCc1cccc2c(CCCCN)c(-c3ccccc3Br)[nH]c12. The van der Waals surface area contributed by atoms with Crippen molar-refractivity contribution < 1.29 is 0 Å². The lowest BCUT2D eigenvalue weighted by Crippen LogP contribution is -1.99. The zero-order valence-electron chi connectivity index (χ0n) is 14.9. The van der Waals surface area contributed by atoms with Crippen LogP contribution in [0.1, 0.15) is 43.7 Å². The molecule has 132 valence electrons. The highest BCUT2D eigenvalue weighted by Gasteiger charge is 2.16. The molecule has 0 fully saturated rings. The van der Waals surface area contributed by atoms with Gasteiger partial charge in [0.05, 0.1) is 5.69 Å². The van der Waals surface area contributed by atoms with E-state index in [4.69, 9.17) is 5.73 Å². The fraction of sp³-hybridized carbons (Fsp3) is 0.364. The third-order valence-corrected chi connectivity index (χ3v) is 5.54. The van der Waals surface area contributed by atoms with E-state index in [2.05, 4.69) is 70.3 Å². The van der Waals surface area contributed by atoms with Crippen molar-refractivity contribution in [3.05, 3.63) is 58.1 Å². The van der Waals surface area contributed by atoms with E-state index in [1.54, 1.807) is 0 Å². The van der Waals surface area contributed by atoms with Crippen LogP contribution in [-0.2, 0) is 12.8 Å². The molecule has 0 unspecified atom stereocenters. The molecule has 0 amide bonds. The van der Waals surface area contributed by atoms with E-state index in [0.717, 1.165) is 36.7 Å². The Balaban J connectivity index is 2.13. The Morgan fingerprint density at radius 2 is 1.80 bits per heavy atom. The van der Waals surface area contributed by atoms with Gasteiger partial charge in [-0.2, -0.15) is 0 Å². The summed E-state index contributed by atoms with van der Waals surface area (Å²) in [5.74, 6) is 0. The van der Waals surface area contributed by atoms with Crippen LogP contribution in [0.15, 0.2) is 46.9 Å². The Hall–Kier alpha value is -1.58. The molecule has 1 aromatic heterocycles. The lowest BCUT2D eigenvalue weighted by Gasteiger charge is -2.07. The maximum absolute atomic E-state index is 5.72. The largest absolute Gasteiger partial charge is 0.354 e. The second-order valence-corrected chi connectivity index (χ2v) is 7.50. The maximum atomic E-state index is 5.72. The zero-order chi connectivity index (χ0) is 17.6. The first-order valence-corrected chi connectivity index (χ1v) is 10.1. The van der Waals surface area contributed by atoms with E-state index in [9.17, 15) is 0 Å². The molecule has 0 atom stereocenters. The second-order valence-electron chi connectivity index (χ2n) is 6.65. The van der Waals surface area contributed by atoms with Gasteiger partial charge in [-0.05, 0) is 55.8 Å². The number of hydrogen-bond acceptors (Lipinski definition) is 1. The number of aromatic nitrogens is 1. The Labute approximate surface area is 159 Å². The number of nitrogens with two attached hydrogens (primary N) is 1. The molecule has 0 saturated carbocycles. The lowest BCUT2D eigenvalue weighted by atomic mass is 9.98. The highest BCUT2D eigenvalue weighted by Crippen LogP contribution is 2.36. The zero-order valence-corrected chi connectivity index (χ0v) is 16.5. The van der Waals surface area contributed by atoms with Crippen LogP contribution in [-0.4, -0.2) is 11.5 Å². The fourth-order valence-electron chi connectivity index (χ4n) is 3.51. The van der Waals surface area contributed by atoms with Gasteiger partial charge in [-0.3, -0.25) is 0 Å². The van der Waals surface area contributed by atoms with Crippen molar-refractivity contribution in [2.75, 3.05) is 6.54 Å².